The third-order valence-electron chi connectivity index (χ3n) is 3.12. The van der Waals surface area contributed by atoms with Crippen LogP contribution in [0.4, 0.5) is 0 Å². The number of ether oxygens (including phenoxy) is 1. The van der Waals surface area contributed by atoms with Crippen LogP contribution in [-0.2, 0) is 9.53 Å². The normalized spacial score (nSPS) is 19.8. The van der Waals surface area contributed by atoms with Crippen molar-refractivity contribution in [1.82, 2.24) is 0 Å². The van der Waals surface area contributed by atoms with E-state index in [9.17, 15) is 4.79 Å². The van der Waals surface area contributed by atoms with Crippen molar-refractivity contribution >= 4 is 5.97 Å². The summed E-state index contributed by atoms with van der Waals surface area (Å²) in [6.45, 7) is 5.07. The summed E-state index contributed by atoms with van der Waals surface area (Å²) < 4.78 is 5.41. The summed E-state index contributed by atoms with van der Waals surface area (Å²) in [7, 11) is 0. The topological polar surface area (TPSA) is 72.5 Å². The number of carboxylic acids is 1. The second-order valence-corrected chi connectivity index (χ2v) is 5.21. The standard InChI is InChI=1S/C12H23NO3/c1-9(2)4-3-7-16-8-12(13,11(14)15)10-5-6-10/h9-10H,3-8,13H2,1-2H3,(H,14,15). The molecule has 1 aliphatic carbocycles. The van der Waals surface area contributed by atoms with Crippen molar-refractivity contribution in [3.8, 4) is 0 Å². The highest BCUT2D eigenvalue weighted by molar-refractivity contribution is 5.79. The van der Waals surface area contributed by atoms with Gasteiger partial charge in [0.15, 0.2) is 0 Å². The van der Waals surface area contributed by atoms with E-state index in [1.807, 2.05) is 0 Å². The third kappa shape index (κ3) is 3.76. The van der Waals surface area contributed by atoms with Crippen molar-refractivity contribution in [2.45, 2.75) is 45.1 Å². The zero-order valence-corrected chi connectivity index (χ0v) is 10.2. The van der Waals surface area contributed by atoms with E-state index in [1.165, 1.54) is 0 Å². The zero-order chi connectivity index (χ0) is 12.2. The third-order valence-corrected chi connectivity index (χ3v) is 3.12. The van der Waals surface area contributed by atoms with Crippen molar-refractivity contribution in [2.24, 2.45) is 17.6 Å². The van der Waals surface area contributed by atoms with E-state index in [0.29, 0.717) is 12.5 Å². The summed E-state index contributed by atoms with van der Waals surface area (Å²) in [5.41, 5.74) is 4.71. The van der Waals surface area contributed by atoms with Gasteiger partial charge < -0.3 is 15.6 Å². The molecule has 0 aromatic heterocycles. The van der Waals surface area contributed by atoms with E-state index in [2.05, 4.69) is 13.8 Å². The summed E-state index contributed by atoms with van der Waals surface area (Å²) in [5, 5.41) is 9.08. The Labute approximate surface area is 97.2 Å². The smallest absolute Gasteiger partial charge is 0.326 e. The minimum absolute atomic E-state index is 0.107. The molecule has 1 aliphatic rings. The van der Waals surface area contributed by atoms with Crippen LogP contribution in [0.1, 0.15) is 39.5 Å². The molecule has 3 N–H and O–H groups in total. The molecule has 0 spiro atoms. The molecule has 0 aliphatic heterocycles. The van der Waals surface area contributed by atoms with Gasteiger partial charge in [-0.1, -0.05) is 13.8 Å². The maximum atomic E-state index is 11.1. The molecule has 1 fully saturated rings. The summed E-state index contributed by atoms with van der Waals surface area (Å²) in [6.07, 6.45) is 3.91. The fraction of sp³-hybridized carbons (Fsp3) is 0.917. The number of carbonyl (C=O) groups is 1. The van der Waals surface area contributed by atoms with Crippen molar-refractivity contribution in [3.05, 3.63) is 0 Å². The van der Waals surface area contributed by atoms with E-state index in [0.717, 1.165) is 25.7 Å². The summed E-state index contributed by atoms with van der Waals surface area (Å²) in [4.78, 5) is 11.1. The maximum absolute atomic E-state index is 11.1. The monoisotopic (exact) mass is 229 g/mol. The number of hydrogen-bond acceptors (Lipinski definition) is 3. The van der Waals surface area contributed by atoms with Crippen LogP contribution in [0.2, 0.25) is 0 Å². The first-order valence-electron chi connectivity index (χ1n) is 6.07. The molecule has 16 heavy (non-hydrogen) atoms. The fourth-order valence-electron chi connectivity index (χ4n) is 1.79. The first-order chi connectivity index (χ1) is 7.47. The second kappa shape index (κ2) is 5.64. The summed E-state index contributed by atoms with van der Waals surface area (Å²) >= 11 is 0. The molecule has 0 amide bonds. The average Bonchev–Trinajstić information content (AvgIpc) is 2.99. The van der Waals surface area contributed by atoms with Gasteiger partial charge in [0.05, 0.1) is 6.61 Å². The van der Waals surface area contributed by atoms with Crippen molar-refractivity contribution in [3.63, 3.8) is 0 Å². The molecule has 1 unspecified atom stereocenters. The van der Waals surface area contributed by atoms with Crippen LogP contribution >= 0.6 is 0 Å². The van der Waals surface area contributed by atoms with Gasteiger partial charge >= 0.3 is 5.97 Å². The van der Waals surface area contributed by atoms with Gasteiger partial charge in [-0.3, -0.25) is 4.79 Å². The number of aliphatic carboxylic acids is 1. The van der Waals surface area contributed by atoms with Gasteiger partial charge in [-0.25, -0.2) is 0 Å². The van der Waals surface area contributed by atoms with Crippen LogP contribution in [0, 0.1) is 11.8 Å². The summed E-state index contributed by atoms with van der Waals surface area (Å²) in [6, 6.07) is 0. The van der Waals surface area contributed by atoms with Gasteiger partial charge in [-0.15, -0.1) is 0 Å². The second-order valence-electron chi connectivity index (χ2n) is 5.21. The SMILES string of the molecule is CC(C)CCCOCC(N)(C(=O)O)C1CC1. The molecular formula is C12H23NO3. The van der Waals surface area contributed by atoms with E-state index in [-0.39, 0.29) is 12.5 Å². The summed E-state index contributed by atoms with van der Waals surface area (Å²) in [5.74, 6) is -0.164. The molecule has 0 radical (unpaired) electrons. The minimum Gasteiger partial charge on any atom is -0.480 e. The Bertz CT molecular complexity index is 238. The fourth-order valence-corrected chi connectivity index (χ4v) is 1.79. The minimum atomic E-state index is -1.15. The zero-order valence-electron chi connectivity index (χ0n) is 10.2. The molecule has 0 heterocycles. The highest BCUT2D eigenvalue weighted by atomic mass is 16.5. The van der Waals surface area contributed by atoms with Crippen LogP contribution in [0.5, 0.6) is 0 Å². The maximum Gasteiger partial charge on any atom is 0.326 e. The van der Waals surface area contributed by atoms with E-state index >= 15 is 0 Å². The van der Waals surface area contributed by atoms with Crippen LogP contribution in [0.25, 0.3) is 0 Å². The molecule has 94 valence electrons. The highest BCUT2D eigenvalue weighted by Gasteiger charge is 2.48. The molecule has 1 saturated carbocycles. The Balaban J connectivity index is 2.21. The molecule has 1 atom stereocenters. The van der Waals surface area contributed by atoms with Gasteiger partial charge in [-0.05, 0) is 37.5 Å². The van der Waals surface area contributed by atoms with Gasteiger partial charge in [0.1, 0.15) is 5.54 Å². The van der Waals surface area contributed by atoms with Gasteiger partial charge in [-0.2, -0.15) is 0 Å². The lowest BCUT2D eigenvalue weighted by molar-refractivity contribution is -0.147. The van der Waals surface area contributed by atoms with Crippen LogP contribution in [0.3, 0.4) is 0 Å². The highest BCUT2D eigenvalue weighted by Crippen LogP contribution is 2.38. The predicted molar refractivity (Wildman–Crippen MR) is 62.2 cm³/mol. The predicted octanol–water partition coefficient (Wildman–Crippen LogP) is 1.63. The molecule has 0 aromatic carbocycles. The Morgan fingerprint density at radius 1 is 1.56 bits per heavy atom. The number of rotatable bonds is 8. The molecule has 1 rings (SSSR count). The quantitative estimate of drug-likeness (QED) is 0.620. The lowest BCUT2D eigenvalue weighted by Crippen LogP contribution is -2.54. The number of hydrogen-bond donors (Lipinski definition) is 2. The van der Waals surface area contributed by atoms with E-state index in [1.54, 1.807) is 0 Å². The van der Waals surface area contributed by atoms with Crippen LogP contribution in [-0.4, -0.2) is 29.8 Å². The van der Waals surface area contributed by atoms with Crippen molar-refractivity contribution in [1.29, 1.82) is 0 Å². The number of nitrogens with two attached hydrogens (primary N) is 1. The lowest BCUT2D eigenvalue weighted by atomic mass is 9.96. The van der Waals surface area contributed by atoms with E-state index < -0.39 is 11.5 Å². The molecular weight excluding hydrogens is 206 g/mol. The van der Waals surface area contributed by atoms with Gasteiger partial charge in [0.2, 0.25) is 0 Å². The molecule has 4 heteroatoms. The molecule has 0 saturated heterocycles. The Kier molecular flexibility index (Phi) is 4.74. The number of carboxylic acid groups (broad SMARTS) is 1. The lowest BCUT2D eigenvalue weighted by Gasteiger charge is -2.24. The average molecular weight is 229 g/mol. The first kappa shape index (κ1) is 13.5. The first-order valence-corrected chi connectivity index (χ1v) is 6.07. The van der Waals surface area contributed by atoms with Crippen molar-refractivity contribution in [2.75, 3.05) is 13.2 Å². The Morgan fingerprint density at radius 2 is 2.19 bits per heavy atom. The van der Waals surface area contributed by atoms with Crippen LogP contribution in [0.15, 0.2) is 0 Å². The Morgan fingerprint density at radius 3 is 2.62 bits per heavy atom. The van der Waals surface area contributed by atoms with E-state index in [4.69, 9.17) is 15.6 Å². The largest absolute Gasteiger partial charge is 0.480 e. The van der Waals surface area contributed by atoms with Crippen LogP contribution < -0.4 is 5.73 Å². The van der Waals surface area contributed by atoms with Gasteiger partial charge in [0, 0.05) is 6.61 Å². The molecule has 0 bridgehead atoms. The van der Waals surface area contributed by atoms with Gasteiger partial charge in [0.25, 0.3) is 0 Å². The van der Waals surface area contributed by atoms with Crippen molar-refractivity contribution < 1.29 is 14.6 Å². The molecule has 0 aromatic rings. The molecule has 4 nitrogen and oxygen atoms in total. The Hall–Kier alpha value is -0.610.